The van der Waals surface area contributed by atoms with Crippen LogP contribution in [-0.2, 0) is 11.2 Å². The third-order valence-electron chi connectivity index (χ3n) is 3.74. The Bertz CT molecular complexity index is 410. The molecule has 1 aromatic rings. The van der Waals surface area contributed by atoms with Crippen LogP contribution in [0.15, 0.2) is 35.3 Å². The molecule has 18 heavy (non-hydrogen) atoms. The maximum atomic E-state index is 5.80. The Labute approximate surface area is 108 Å². The van der Waals surface area contributed by atoms with Gasteiger partial charge in [-0.3, -0.25) is 0 Å². The quantitative estimate of drug-likeness (QED) is 0.882. The molecule has 1 aromatic carbocycles. The molecule has 1 saturated heterocycles. The number of hydrogen-bond donors (Lipinski definition) is 1. The molecule has 1 unspecified atom stereocenters. The molecule has 2 aliphatic heterocycles. The summed E-state index contributed by atoms with van der Waals surface area (Å²) in [5.41, 5.74) is 1.35. The minimum atomic E-state index is 0.317. The van der Waals surface area contributed by atoms with E-state index in [0.717, 1.165) is 44.9 Å². The Kier molecular flexibility index (Phi) is 3.60. The minimum Gasteiger partial charge on any atom is -0.478 e. The van der Waals surface area contributed by atoms with Crippen LogP contribution in [0.1, 0.15) is 18.4 Å². The first-order valence-corrected chi connectivity index (χ1v) is 6.87. The molecule has 2 aliphatic rings. The van der Waals surface area contributed by atoms with Crippen LogP contribution in [0, 0.1) is 5.92 Å². The molecule has 0 amide bonds. The molecule has 96 valence electrons. The average Bonchev–Trinajstić information content (AvgIpc) is 2.89. The van der Waals surface area contributed by atoms with E-state index in [0.29, 0.717) is 12.0 Å². The van der Waals surface area contributed by atoms with E-state index < -0.39 is 0 Å². The maximum Gasteiger partial charge on any atom is 0.186 e. The summed E-state index contributed by atoms with van der Waals surface area (Å²) < 4.78 is 5.80. The molecule has 0 bridgehead atoms. The smallest absolute Gasteiger partial charge is 0.186 e. The third kappa shape index (κ3) is 2.72. The zero-order valence-electron chi connectivity index (χ0n) is 10.6. The summed E-state index contributed by atoms with van der Waals surface area (Å²) >= 11 is 0. The van der Waals surface area contributed by atoms with Crippen molar-refractivity contribution in [1.82, 2.24) is 5.32 Å². The van der Waals surface area contributed by atoms with E-state index in [4.69, 9.17) is 9.73 Å². The largest absolute Gasteiger partial charge is 0.478 e. The summed E-state index contributed by atoms with van der Waals surface area (Å²) in [6.45, 7) is 2.95. The molecular formula is C15H20N2O. The highest BCUT2D eigenvalue weighted by atomic mass is 16.5. The van der Waals surface area contributed by atoms with Crippen molar-refractivity contribution in [1.29, 1.82) is 0 Å². The summed E-state index contributed by atoms with van der Waals surface area (Å²) in [6, 6.07) is 10.9. The van der Waals surface area contributed by atoms with Crippen molar-refractivity contribution in [3.05, 3.63) is 35.9 Å². The second kappa shape index (κ2) is 5.53. The zero-order valence-corrected chi connectivity index (χ0v) is 10.6. The van der Waals surface area contributed by atoms with E-state index >= 15 is 0 Å². The fourth-order valence-electron chi connectivity index (χ4n) is 2.72. The van der Waals surface area contributed by atoms with Gasteiger partial charge in [0, 0.05) is 5.92 Å². The van der Waals surface area contributed by atoms with Gasteiger partial charge in [0.1, 0.15) is 6.61 Å². The lowest BCUT2D eigenvalue weighted by atomic mass is 9.98. The maximum absolute atomic E-state index is 5.80. The molecule has 0 radical (unpaired) electrons. The van der Waals surface area contributed by atoms with Crippen LogP contribution >= 0.6 is 0 Å². The number of rotatable bonds is 3. The first-order chi connectivity index (χ1) is 8.92. The SMILES string of the molecule is c1ccc(CC2COC(C3CCNCC3)=N2)cc1. The van der Waals surface area contributed by atoms with Gasteiger partial charge in [-0.05, 0) is 37.9 Å². The normalized spacial score (nSPS) is 24.7. The van der Waals surface area contributed by atoms with Gasteiger partial charge in [0.25, 0.3) is 0 Å². The Balaban J connectivity index is 1.61. The summed E-state index contributed by atoms with van der Waals surface area (Å²) in [6.07, 6.45) is 3.32. The van der Waals surface area contributed by atoms with Gasteiger partial charge >= 0.3 is 0 Å². The predicted molar refractivity (Wildman–Crippen MR) is 72.9 cm³/mol. The fourth-order valence-corrected chi connectivity index (χ4v) is 2.72. The lowest BCUT2D eigenvalue weighted by Crippen LogP contribution is -2.31. The second-order valence-corrected chi connectivity index (χ2v) is 5.15. The molecule has 3 rings (SSSR count). The summed E-state index contributed by atoms with van der Waals surface area (Å²) in [4.78, 5) is 4.77. The number of nitrogens with zero attached hydrogens (tertiary/aromatic N) is 1. The fraction of sp³-hybridized carbons (Fsp3) is 0.533. The number of piperidine rings is 1. The first-order valence-electron chi connectivity index (χ1n) is 6.87. The monoisotopic (exact) mass is 244 g/mol. The van der Waals surface area contributed by atoms with Crippen molar-refractivity contribution >= 4 is 5.90 Å². The highest BCUT2D eigenvalue weighted by Crippen LogP contribution is 2.21. The van der Waals surface area contributed by atoms with Crippen LogP contribution in [-0.4, -0.2) is 31.6 Å². The van der Waals surface area contributed by atoms with E-state index in [1.807, 2.05) is 0 Å². The molecule has 3 heteroatoms. The predicted octanol–water partition coefficient (Wildman–Crippen LogP) is 2.03. The van der Waals surface area contributed by atoms with E-state index in [1.54, 1.807) is 0 Å². The Hall–Kier alpha value is -1.35. The van der Waals surface area contributed by atoms with Crippen LogP contribution in [0.5, 0.6) is 0 Å². The van der Waals surface area contributed by atoms with Crippen molar-refractivity contribution in [3.63, 3.8) is 0 Å². The molecule has 1 fully saturated rings. The number of aliphatic imine (C=N–C) groups is 1. The van der Waals surface area contributed by atoms with Crippen molar-refractivity contribution in [3.8, 4) is 0 Å². The number of nitrogens with one attached hydrogen (secondary N) is 1. The number of benzene rings is 1. The molecule has 0 aromatic heterocycles. The van der Waals surface area contributed by atoms with Crippen LogP contribution in [0.2, 0.25) is 0 Å². The van der Waals surface area contributed by atoms with Gasteiger partial charge in [-0.2, -0.15) is 0 Å². The van der Waals surface area contributed by atoms with Gasteiger partial charge in [0.15, 0.2) is 5.90 Å². The van der Waals surface area contributed by atoms with Gasteiger partial charge in [0.2, 0.25) is 0 Å². The van der Waals surface area contributed by atoms with Gasteiger partial charge in [-0.25, -0.2) is 4.99 Å². The number of ether oxygens (including phenoxy) is 1. The molecule has 2 heterocycles. The standard InChI is InChI=1S/C15H20N2O/c1-2-4-12(5-3-1)10-14-11-18-15(17-14)13-6-8-16-9-7-13/h1-5,13-14,16H,6-11H2. The Morgan fingerprint density at radius 3 is 2.72 bits per heavy atom. The second-order valence-electron chi connectivity index (χ2n) is 5.15. The van der Waals surface area contributed by atoms with Gasteiger partial charge in [-0.1, -0.05) is 30.3 Å². The van der Waals surface area contributed by atoms with Crippen molar-refractivity contribution in [2.45, 2.75) is 25.3 Å². The Morgan fingerprint density at radius 2 is 1.94 bits per heavy atom. The molecule has 1 N–H and O–H groups in total. The van der Waals surface area contributed by atoms with Crippen molar-refractivity contribution < 1.29 is 4.74 Å². The lowest BCUT2D eigenvalue weighted by Gasteiger charge is -2.21. The average molecular weight is 244 g/mol. The Morgan fingerprint density at radius 1 is 1.17 bits per heavy atom. The third-order valence-corrected chi connectivity index (χ3v) is 3.74. The van der Waals surface area contributed by atoms with E-state index in [9.17, 15) is 0 Å². The van der Waals surface area contributed by atoms with Crippen LogP contribution in [0.25, 0.3) is 0 Å². The molecule has 0 aliphatic carbocycles. The summed E-state index contributed by atoms with van der Waals surface area (Å²) in [5, 5.41) is 3.38. The molecule has 1 atom stereocenters. The van der Waals surface area contributed by atoms with Crippen molar-refractivity contribution in [2.24, 2.45) is 10.9 Å². The highest BCUT2D eigenvalue weighted by molar-refractivity contribution is 5.80. The minimum absolute atomic E-state index is 0.317. The van der Waals surface area contributed by atoms with E-state index in [-0.39, 0.29) is 0 Å². The van der Waals surface area contributed by atoms with Gasteiger partial charge in [0.05, 0.1) is 6.04 Å². The topological polar surface area (TPSA) is 33.6 Å². The van der Waals surface area contributed by atoms with Crippen LogP contribution in [0.4, 0.5) is 0 Å². The van der Waals surface area contributed by atoms with Crippen molar-refractivity contribution in [2.75, 3.05) is 19.7 Å². The first kappa shape index (κ1) is 11.7. The zero-order chi connectivity index (χ0) is 12.2. The van der Waals surface area contributed by atoms with E-state index in [2.05, 4.69) is 35.6 Å². The van der Waals surface area contributed by atoms with Gasteiger partial charge < -0.3 is 10.1 Å². The van der Waals surface area contributed by atoms with Crippen LogP contribution in [0.3, 0.4) is 0 Å². The molecule has 0 spiro atoms. The summed E-state index contributed by atoms with van der Waals surface area (Å²) in [7, 11) is 0. The summed E-state index contributed by atoms with van der Waals surface area (Å²) in [5.74, 6) is 1.56. The molecule has 3 nitrogen and oxygen atoms in total. The van der Waals surface area contributed by atoms with E-state index in [1.165, 1.54) is 5.56 Å². The van der Waals surface area contributed by atoms with Gasteiger partial charge in [-0.15, -0.1) is 0 Å². The van der Waals surface area contributed by atoms with Crippen LogP contribution < -0.4 is 5.32 Å². The molecular weight excluding hydrogens is 224 g/mol. The highest BCUT2D eigenvalue weighted by Gasteiger charge is 2.26. The lowest BCUT2D eigenvalue weighted by molar-refractivity contribution is 0.284. The number of hydrogen-bond acceptors (Lipinski definition) is 3. The molecule has 0 saturated carbocycles.